The van der Waals surface area contributed by atoms with Gasteiger partial charge in [-0.05, 0) is 61.6 Å². The van der Waals surface area contributed by atoms with E-state index in [9.17, 15) is 19.2 Å². The molecule has 1 unspecified atom stereocenters. The third kappa shape index (κ3) is 7.32. The van der Waals surface area contributed by atoms with Crippen LogP contribution in [-0.2, 0) is 11.3 Å². The fourth-order valence-corrected chi connectivity index (χ4v) is 7.06. The Morgan fingerprint density at radius 1 is 1.05 bits per heavy atom. The Morgan fingerprint density at radius 3 is 2.30 bits per heavy atom. The molecule has 4 rings (SSSR count). The van der Waals surface area contributed by atoms with Gasteiger partial charge in [0.25, 0.3) is 11.5 Å². The standard InChI is InChI=1S/C33H42FN5O2S2/c1-5-8-10-24(7-3)22-39-32(41)29(43-33(39)42)20-27-23(4)28(21-35)31(40)38(15-9-6-2)30(27)37-18-16-36(17-19-37)26-13-11-25(34)12-14-26/h11-14,20,24H,5-10,15-19,22H2,1-4H3/b29-20-. The van der Waals surface area contributed by atoms with Gasteiger partial charge in [0.1, 0.15) is 27.6 Å². The van der Waals surface area contributed by atoms with Crippen LogP contribution in [0.4, 0.5) is 15.9 Å². The van der Waals surface area contributed by atoms with Crippen LogP contribution >= 0.6 is 24.0 Å². The molecule has 2 aromatic rings. The second kappa shape index (κ2) is 15.0. The predicted octanol–water partition coefficient (Wildman–Crippen LogP) is 6.71. The summed E-state index contributed by atoms with van der Waals surface area (Å²) in [6.07, 6.45) is 7.81. The van der Waals surface area contributed by atoms with E-state index >= 15 is 0 Å². The number of pyridine rings is 1. The summed E-state index contributed by atoms with van der Waals surface area (Å²) in [7, 11) is 0. The Kier molecular flexibility index (Phi) is 11.4. The van der Waals surface area contributed by atoms with Gasteiger partial charge in [0, 0.05) is 50.5 Å². The number of benzene rings is 1. The molecule has 0 spiro atoms. The van der Waals surface area contributed by atoms with E-state index in [1.165, 1.54) is 23.9 Å². The number of hydrogen-bond donors (Lipinski definition) is 0. The van der Waals surface area contributed by atoms with Crippen LogP contribution in [-0.4, -0.2) is 52.4 Å². The van der Waals surface area contributed by atoms with Crippen LogP contribution in [0.1, 0.15) is 76.0 Å². The van der Waals surface area contributed by atoms with Gasteiger partial charge in [-0.25, -0.2) is 4.39 Å². The second-order valence-electron chi connectivity index (χ2n) is 11.3. The smallest absolute Gasteiger partial charge is 0.270 e. The minimum absolute atomic E-state index is 0.108. The molecule has 230 valence electrons. The molecule has 1 aromatic carbocycles. The van der Waals surface area contributed by atoms with Crippen molar-refractivity contribution in [2.75, 3.05) is 42.5 Å². The molecular weight excluding hydrogens is 582 g/mol. The third-order valence-electron chi connectivity index (χ3n) is 8.49. The number of nitrogens with zero attached hydrogens (tertiary/aromatic N) is 5. The lowest BCUT2D eigenvalue weighted by Gasteiger charge is -2.39. The number of piperazine rings is 1. The van der Waals surface area contributed by atoms with Crippen molar-refractivity contribution < 1.29 is 9.18 Å². The van der Waals surface area contributed by atoms with Crippen LogP contribution in [0.15, 0.2) is 34.0 Å². The monoisotopic (exact) mass is 623 g/mol. The van der Waals surface area contributed by atoms with E-state index < -0.39 is 0 Å². The molecule has 2 aliphatic heterocycles. The number of rotatable bonds is 12. The molecule has 2 fully saturated rings. The van der Waals surface area contributed by atoms with Crippen LogP contribution in [0.3, 0.4) is 0 Å². The molecule has 2 saturated heterocycles. The van der Waals surface area contributed by atoms with E-state index in [4.69, 9.17) is 12.2 Å². The summed E-state index contributed by atoms with van der Waals surface area (Å²) in [5.74, 6) is 0.754. The lowest BCUT2D eigenvalue weighted by molar-refractivity contribution is -0.122. The molecule has 0 aliphatic carbocycles. The minimum atomic E-state index is -0.296. The van der Waals surface area contributed by atoms with Crippen LogP contribution in [0.25, 0.3) is 6.08 Å². The number of unbranched alkanes of at least 4 members (excludes halogenated alkanes) is 2. The Bertz CT molecular complexity index is 1460. The number of thioether (sulfide) groups is 1. The maximum Gasteiger partial charge on any atom is 0.270 e. The normalized spacial score (nSPS) is 17.2. The van der Waals surface area contributed by atoms with Crippen molar-refractivity contribution in [1.29, 1.82) is 5.26 Å². The molecule has 0 radical (unpaired) electrons. The molecule has 1 atom stereocenters. The van der Waals surface area contributed by atoms with E-state index in [-0.39, 0.29) is 22.8 Å². The zero-order chi connectivity index (χ0) is 31.1. The maximum atomic E-state index is 13.7. The second-order valence-corrected chi connectivity index (χ2v) is 13.0. The largest absolute Gasteiger partial charge is 0.368 e. The summed E-state index contributed by atoms with van der Waals surface area (Å²) in [5.41, 5.74) is 2.07. The van der Waals surface area contributed by atoms with E-state index in [2.05, 4.69) is 36.6 Å². The molecular formula is C33H42FN5O2S2. The first kappa shape index (κ1) is 32.7. The van der Waals surface area contributed by atoms with E-state index in [0.29, 0.717) is 60.0 Å². The number of thiocarbonyl (C=S) groups is 1. The Balaban J connectivity index is 1.73. The number of carbonyl (C=O) groups excluding carboxylic acids is 1. The lowest BCUT2D eigenvalue weighted by Crippen LogP contribution is -2.48. The molecule has 10 heteroatoms. The molecule has 1 amide bonds. The zero-order valence-corrected chi connectivity index (χ0v) is 27.3. The van der Waals surface area contributed by atoms with Crippen molar-refractivity contribution in [3.63, 3.8) is 0 Å². The van der Waals surface area contributed by atoms with Crippen molar-refractivity contribution >= 4 is 51.8 Å². The van der Waals surface area contributed by atoms with Crippen molar-refractivity contribution in [2.24, 2.45) is 5.92 Å². The number of halogens is 1. The minimum Gasteiger partial charge on any atom is -0.368 e. The van der Waals surface area contributed by atoms with E-state index in [0.717, 1.165) is 55.6 Å². The van der Waals surface area contributed by atoms with E-state index in [1.807, 2.05) is 6.08 Å². The van der Waals surface area contributed by atoms with Crippen LogP contribution in [0.5, 0.6) is 0 Å². The highest BCUT2D eigenvalue weighted by Crippen LogP contribution is 2.37. The Morgan fingerprint density at radius 2 is 1.70 bits per heavy atom. The highest BCUT2D eigenvalue weighted by atomic mass is 32.2. The van der Waals surface area contributed by atoms with Crippen molar-refractivity contribution in [3.05, 3.63) is 62.0 Å². The highest BCUT2D eigenvalue weighted by Gasteiger charge is 2.34. The Labute approximate surface area is 264 Å². The topological polar surface area (TPSA) is 72.6 Å². The van der Waals surface area contributed by atoms with Crippen molar-refractivity contribution in [2.45, 2.75) is 72.8 Å². The number of aromatic nitrogens is 1. The SMILES string of the molecule is CCCCC(CC)CN1C(=O)/C(=C/c2c(C)c(C#N)c(=O)n(CCCC)c2N2CCN(c3ccc(F)cc3)CC2)SC1=S. The Hall–Kier alpha value is -3.16. The number of anilines is 2. The lowest BCUT2D eigenvalue weighted by atomic mass is 9.99. The predicted molar refractivity (Wildman–Crippen MR) is 179 cm³/mol. The molecule has 2 aliphatic rings. The van der Waals surface area contributed by atoms with Crippen molar-refractivity contribution in [1.82, 2.24) is 9.47 Å². The molecule has 43 heavy (non-hydrogen) atoms. The summed E-state index contributed by atoms with van der Waals surface area (Å²) in [6.45, 7) is 11.9. The first-order valence-electron chi connectivity index (χ1n) is 15.4. The highest BCUT2D eigenvalue weighted by molar-refractivity contribution is 8.26. The van der Waals surface area contributed by atoms with Gasteiger partial charge in [0.15, 0.2) is 0 Å². The summed E-state index contributed by atoms with van der Waals surface area (Å²) < 4.78 is 15.8. The molecule has 3 heterocycles. The first-order valence-corrected chi connectivity index (χ1v) is 16.6. The van der Waals surface area contributed by atoms with Gasteiger partial charge in [-0.3, -0.25) is 19.1 Å². The van der Waals surface area contributed by atoms with Crippen LogP contribution < -0.4 is 15.4 Å². The van der Waals surface area contributed by atoms with Gasteiger partial charge < -0.3 is 9.80 Å². The first-order chi connectivity index (χ1) is 20.7. The average molecular weight is 624 g/mol. The van der Waals surface area contributed by atoms with Crippen LogP contribution in [0, 0.1) is 30.0 Å². The molecule has 1 aromatic heterocycles. The molecule has 0 bridgehead atoms. The molecule has 7 nitrogen and oxygen atoms in total. The van der Waals surface area contributed by atoms with E-state index in [1.54, 1.807) is 28.5 Å². The molecule has 0 saturated carbocycles. The fraction of sp³-hybridized carbons (Fsp3) is 0.515. The van der Waals surface area contributed by atoms with Gasteiger partial charge in [0.2, 0.25) is 0 Å². The summed E-state index contributed by atoms with van der Waals surface area (Å²) >= 11 is 6.98. The fourth-order valence-electron chi connectivity index (χ4n) is 5.80. The van der Waals surface area contributed by atoms with Gasteiger partial charge in [0.05, 0.1) is 4.91 Å². The van der Waals surface area contributed by atoms with Gasteiger partial charge in [-0.15, -0.1) is 0 Å². The van der Waals surface area contributed by atoms with Gasteiger partial charge >= 0.3 is 0 Å². The average Bonchev–Trinajstić information content (AvgIpc) is 3.27. The quantitative estimate of drug-likeness (QED) is 0.192. The zero-order valence-electron chi connectivity index (χ0n) is 25.7. The van der Waals surface area contributed by atoms with Crippen molar-refractivity contribution in [3.8, 4) is 6.07 Å². The number of carbonyl (C=O) groups is 1. The number of amides is 1. The van der Waals surface area contributed by atoms with Gasteiger partial charge in [-0.1, -0.05) is 70.4 Å². The van der Waals surface area contributed by atoms with Gasteiger partial charge in [-0.2, -0.15) is 5.26 Å². The third-order valence-corrected chi connectivity index (χ3v) is 9.86. The maximum absolute atomic E-state index is 13.7. The summed E-state index contributed by atoms with van der Waals surface area (Å²) in [6, 6.07) is 8.65. The molecule has 0 N–H and O–H groups in total. The number of nitriles is 1. The van der Waals surface area contributed by atoms with Crippen LogP contribution in [0.2, 0.25) is 0 Å². The summed E-state index contributed by atoms with van der Waals surface area (Å²) in [5, 5.41) is 10.0. The summed E-state index contributed by atoms with van der Waals surface area (Å²) in [4.78, 5) is 34.0. The number of hydrogen-bond acceptors (Lipinski definition) is 7.